The van der Waals surface area contributed by atoms with E-state index in [1.807, 2.05) is 0 Å². The lowest BCUT2D eigenvalue weighted by Crippen LogP contribution is -2.47. The van der Waals surface area contributed by atoms with Gasteiger partial charge in [0.1, 0.15) is 12.7 Å². The number of ether oxygens (including phenoxy) is 1. The number of nitrogens with zero attached hydrogens (tertiary/aromatic N) is 1. The van der Waals surface area contributed by atoms with Crippen LogP contribution in [0.2, 0.25) is 0 Å². The van der Waals surface area contributed by atoms with Gasteiger partial charge in [-0.3, -0.25) is 4.79 Å². The molecule has 0 aromatic rings. The highest BCUT2D eigenvalue weighted by atomic mass is 16.5. The third-order valence-electron chi connectivity index (χ3n) is 6.48. The molecule has 4 aliphatic rings. The van der Waals surface area contributed by atoms with E-state index >= 15 is 0 Å². The van der Waals surface area contributed by atoms with Gasteiger partial charge < -0.3 is 14.7 Å². The lowest BCUT2D eigenvalue weighted by atomic mass is 9.49. The number of likely N-dealkylation sites (N-methyl/N-ethyl adjacent to an activating group) is 1. The van der Waals surface area contributed by atoms with Crippen LogP contribution in [0.1, 0.15) is 58.8 Å². The normalized spacial score (nSPS) is 36.4. The molecule has 1 atom stereocenters. The predicted octanol–water partition coefficient (Wildman–Crippen LogP) is 2.84. The van der Waals surface area contributed by atoms with E-state index in [1.54, 1.807) is 0 Å². The van der Waals surface area contributed by atoms with E-state index in [0.717, 1.165) is 30.8 Å². The molecule has 4 saturated carbocycles. The van der Waals surface area contributed by atoms with Crippen molar-refractivity contribution in [3.05, 3.63) is 0 Å². The maximum Gasteiger partial charge on any atom is 0.306 e. The van der Waals surface area contributed by atoms with E-state index in [1.165, 1.54) is 38.5 Å². The van der Waals surface area contributed by atoms with E-state index in [-0.39, 0.29) is 18.0 Å². The van der Waals surface area contributed by atoms with E-state index in [9.17, 15) is 9.90 Å². The lowest BCUT2D eigenvalue weighted by molar-refractivity contribution is -0.155. The zero-order valence-corrected chi connectivity index (χ0v) is 14.8. The maximum atomic E-state index is 12.3. The van der Waals surface area contributed by atoms with Gasteiger partial charge in [0.25, 0.3) is 0 Å². The SMILES string of the molecule is CCN(CC)CC(O)COC(=O)CC12CC3CC(CC(C3)C1)C2. The molecule has 4 rings (SSSR count). The number of rotatable bonds is 8. The Labute approximate surface area is 140 Å². The lowest BCUT2D eigenvalue weighted by Gasteiger charge is -2.56. The average molecular weight is 323 g/mol. The monoisotopic (exact) mass is 323 g/mol. The van der Waals surface area contributed by atoms with Crippen molar-refractivity contribution in [1.82, 2.24) is 4.90 Å². The van der Waals surface area contributed by atoms with Crippen molar-refractivity contribution in [2.75, 3.05) is 26.2 Å². The summed E-state index contributed by atoms with van der Waals surface area (Å²) in [6.45, 7) is 6.70. The van der Waals surface area contributed by atoms with E-state index in [0.29, 0.717) is 13.0 Å². The highest BCUT2D eigenvalue weighted by molar-refractivity contribution is 5.70. The first-order chi connectivity index (χ1) is 11.0. The fraction of sp³-hybridized carbons (Fsp3) is 0.947. The van der Waals surface area contributed by atoms with Crippen LogP contribution in [0.15, 0.2) is 0 Å². The molecule has 0 radical (unpaired) electrons. The Hall–Kier alpha value is -0.610. The molecule has 0 spiro atoms. The fourth-order valence-electron chi connectivity index (χ4n) is 5.89. The number of esters is 1. The summed E-state index contributed by atoms with van der Waals surface area (Å²) in [7, 11) is 0. The van der Waals surface area contributed by atoms with Crippen molar-refractivity contribution in [3.8, 4) is 0 Å². The second-order valence-corrected chi connectivity index (χ2v) is 8.42. The number of carbonyl (C=O) groups is 1. The third kappa shape index (κ3) is 4.08. The molecule has 23 heavy (non-hydrogen) atoms. The predicted molar refractivity (Wildman–Crippen MR) is 90.0 cm³/mol. The first-order valence-electron chi connectivity index (χ1n) is 9.58. The van der Waals surface area contributed by atoms with Gasteiger partial charge in [-0.15, -0.1) is 0 Å². The van der Waals surface area contributed by atoms with Gasteiger partial charge in [-0.25, -0.2) is 0 Å². The zero-order chi connectivity index (χ0) is 16.4. The van der Waals surface area contributed by atoms with Crippen LogP contribution in [0, 0.1) is 23.2 Å². The van der Waals surface area contributed by atoms with Crippen molar-refractivity contribution < 1.29 is 14.6 Å². The van der Waals surface area contributed by atoms with Crippen molar-refractivity contribution in [1.29, 1.82) is 0 Å². The molecule has 4 nitrogen and oxygen atoms in total. The Morgan fingerprint density at radius 2 is 1.65 bits per heavy atom. The van der Waals surface area contributed by atoms with Crippen molar-refractivity contribution in [3.63, 3.8) is 0 Å². The Bertz CT molecular complexity index is 384. The highest BCUT2D eigenvalue weighted by Gasteiger charge is 2.51. The fourth-order valence-corrected chi connectivity index (χ4v) is 5.89. The summed E-state index contributed by atoms with van der Waals surface area (Å²) in [5, 5.41) is 10.0. The molecule has 0 amide bonds. The first kappa shape index (κ1) is 17.2. The van der Waals surface area contributed by atoms with Gasteiger partial charge in [-0.2, -0.15) is 0 Å². The third-order valence-corrected chi connectivity index (χ3v) is 6.48. The Kier molecular flexibility index (Phi) is 5.32. The highest BCUT2D eigenvalue weighted by Crippen LogP contribution is 2.61. The molecule has 4 fully saturated rings. The van der Waals surface area contributed by atoms with E-state index in [4.69, 9.17) is 4.74 Å². The van der Waals surface area contributed by atoms with Gasteiger partial charge in [0.15, 0.2) is 0 Å². The van der Waals surface area contributed by atoms with Crippen molar-refractivity contribution in [2.24, 2.45) is 23.2 Å². The van der Waals surface area contributed by atoms with Crippen LogP contribution in [0.25, 0.3) is 0 Å². The Morgan fingerprint density at radius 3 is 2.13 bits per heavy atom. The van der Waals surface area contributed by atoms with Gasteiger partial charge in [-0.05, 0) is 74.8 Å². The van der Waals surface area contributed by atoms with Gasteiger partial charge in [-0.1, -0.05) is 13.8 Å². The summed E-state index contributed by atoms with van der Waals surface area (Å²) in [5.74, 6) is 2.50. The molecule has 1 N–H and O–H groups in total. The van der Waals surface area contributed by atoms with Crippen LogP contribution < -0.4 is 0 Å². The average Bonchev–Trinajstić information content (AvgIpc) is 2.48. The molecule has 0 aliphatic heterocycles. The number of hydrogen-bond acceptors (Lipinski definition) is 4. The maximum absolute atomic E-state index is 12.3. The molecule has 4 bridgehead atoms. The molecule has 0 saturated heterocycles. The number of carbonyl (C=O) groups excluding carboxylic acids is 1. The molecule has 0 aromatic carbocycles. The molecular formula is C19H33NO3. The zero-order valence-electron chi connectivity index (χ0n) is 14.8. The summed E-state index contributed by atoms with van der Waals surface area (Å²) in [6.07, 6.45) is 7.90. The largest absolute Gasteiger partial charge is 0.463 e. The molecule has 0 heterocycles. The number of aliphatic hydroxyl groups is 1. The minimum atomic E-state index is -0.574. The van der Waals surface area contributed by atoms with Gasteiger partial charge in [0.05, 0.1) is 6.42 Å². The van der Waals surface area contributed by atoms with Crippen molar-refractivity contribution in [2.45, 2.75) is 64.9 Å². The molecule has 0 aromatic heterocycles. The van der Waals surface area contributed by atoms with Gasteiger partial charge >= 0.3 is 5.97 Å². The Balaban J connectivity index is 1.44. The van der Waals surface area contributed by atoms with Crippen LogP contribution in [0.3, 0.4) is 0 Å². The van der Waals surface area contributed by atoms with Crippen LogP contribution >= 0.6 is 0 Å². The van der Waals surface area contributed by atoms with Gasteiger partial charge in [0.2, 0.25) is 0 Å². The molecule has 4 heteroatoms. The van der Waals surface area contributed by atoms with Crippen LogP contribution in [-0.2, 0) is 9.53 Å². The smallest absolute Gasteiger partial charge is 0.306 e. The van der Waals surface area contributed by atoms with E-state index in [2.05, 4.69) is 18.7 Å². The van der Waals surface area contributed by atoms with Crippen LogP contribution in [0.4, 0.5) is 0 Å². The van der Waals surface area contributed by atoms with Gasteiger partial charge in [0, 0.05) is 6.54 Å². The standard InChI is InChI=1S/C19H33NO3/c1-3-20(4-2)12-17(21)13-23-18(22)11-19-8-14-5-15(9-19)7-16(6-14)10-19/h14-17,21H,3-13H2,1-2H3. The topological polar surface area (TPSA) is 49.8 Å². The number of hydrogen-bond donors (Lipinski definition) is 1. The quantitative estimate of drug-likeness (QED) is 0.698. The minimum absolute atomic E-state index is 0.0921. The summed E-state index contributed by atoms with van der Waals surface area (Å²) >= 11 is 0. The van der Waals surface area contributed by atoms with Crippen LogP contribution in [0.5, 0.6) is 0 Å². The first-order valence-corrected chi connectivity index (χ1v) is 9.58. The van der Waals surface area contributed by atoms with Crippen LogP contribution in [-0.4, -0.2) is 48.3 Å². The summed E-state index contributed by atoms with van der Waals surface area (Å²) in [5.41, 5.74) is 0.232. The van der Waals surface area contributed by atoms with Crippen molar-refractivity contribution >= 4 is 5.97 Å². The molecule has 4 aliphatic carbocycles. The second-order valence-electron chi connectivity index (χ2n) is 8.42. The number of aliphatic hydroxyl groups excluding tert-OH is 1. The molecule has 132 valence electrons. The molecular weight excluding hydrogens is 290 g/mol. The minimum Gasteiger partial charge on any atom is -0.463 e. The summed E-state index contributed by atoms with van der Waals surface area (Å²) in [6, 6.07) is 0. The summed E-state index contributed by atoms with van der Waals surface area (Å²) < 4.78 is 5.42. The Morgan fingerprint density at radius 1 is 1.13 bits per heavy atom. The summed E-state index contributed by atoms with van der Waals surface area (Å²) in [4.78, 5) is 14.5. The molecule has 1 unspecified atom stereocenters. The van der Waals surface area contributed by atoms with E-state index < -0.39 is 6.10 Å². The second kappa shape index (κ2) is 7.10.